The molecule has 0 saturated carbocycles. The van der Waals surface area contributed by atoms with Crippen LogP contribution in [0.5, 0.6) is 0 Å². The highest BCUT2D eigenvalue weighted by Gasteiger charge is 2.23. The van der Waals surface area contributed by atoms with Gasteiger partial charge in [-0.3, -0.25) is 9.59 Å². The fourth-order valence-electron chi connectivity index (χ4n) is 1.93. The normalized spacial score (nSPS) is 18.1. The highest BCUT2D eigenvalue weighted by atomic mass is 16.5. The van der Waals surface area contributed by atoms with Crippen LogP contribution in [-0.4, -0.2) is 24.5 Å². The quantitative estimate of drug-likeness (QED) is 0.887. The van der Waals surface area contributed by atoms with E-state index in [2.05, 4.69) is 10.6 Å². The minimum atomic E-state index is -0.338. The molecule has 1 aromatic rings. The van der Waals surface area contributed by atoms with Crippen molar-refractivity contribution in [2.24, 2.45) is 5.92 Å². The Labute approximate surface area is 118 Å². The second-order valence-electron chi connectivity index (χ2n) is 5.21. The Morgan fingerprint density at radius 1 is 1.15 bits per heavy atom. The average Bonchev–Trinajstić information content (AvgIpc) is 2.95. The maximum absolute atomic E-state index is 11.9. The smallest absolute Gasteiger partial charge is 0.253 e. The molecule has 20 heavy (non-hydrogen) atoms. The van der Waals surface area contributed by atoms with E-state index >= 15 is 0 Å². The number of nitrogens with one attached hydrogen (secondary N) is 2. The van der Waals surface area contributed by atoms with Crippen molar-refractivity contribution in [3.63, 3.8) is 0 Å². The minimum Gasteiger partial charge on any atom is -0.368 e. The molecule has 0 aliphatic carbocycles. The van der Waals surface area contributed by atoms with E-state index in [-0.39, 0.29) is 23.8 Å². The average molecular weight is 276 g/mol. The third kappa shape index (κ3) is 3.81. The molecule has 1 aliphatic rings. The van der Waals surface area contributed by atoms with Gasteiger partial charge >= 0.3 is 0 Å². The van der Waals surface area contributed by atoms with Crippen molar-refractivity contribution in [2.45, 2.75) is 32.8 Å². The summed E-state index contributed by atoms with van der Waals surface area (Å²) >= 11 is 0. The van der Waals surface area contributed by atoms with Crippen LogP contribution in [0.3, 0.4) is 0 Å². The summed E-state index contributed by atoms with van der Waals surface area (Å²) in [7, 11) is 0. The van der Waals surface area contributed by atoms with Crippen LogP contribution in [-0.2, 0) is 14.3 Å². The maximum Gasteiger partial charge on any atom is 0.253 e. The van der Waals surface area contributed by atoms with Crippen molar-refractivity contribution in [3.8, 4) is 0 Å². The molecule has 2 amide bonds. The van der Waals surface area contributed by atoms with Crippen molar-refractivity contribution in [3.05, 3.63) is 24.3 Å². The molecule has 2 N–H and O–H groups in total. The molecule has 108 valence electrons. The summed E-state index contributed by atoms with van der Waals surface area (Å²) in [6.07, 6.45) is 1.36. The van der Waals surface area contributed by atoms with Gasteiger partial charge in [0.25, 0.3) is 5.91 Å². The monoisotopic (exact) mass is 276 g/mol. The van der Waals surface area contributed by atoms with Crippen molar-refractivity contribution in [2.75, 3.05) is 17.2 Å². The minimum absolute atomic E-state index is 0.0267. The SMILES string of the molecule is CC(C)C(=O)Nc1ccc(NC(=O)[C@@H]2CCCO2)cc1. The van der Waals surface area contributed by atoms with E-state index in [1.165, 1.54) is 0 Å². The van der Waals surface area contributed by atoms with E-state index in [4.69, 9.17) is 4.74 Å². The van der Waals surface area contributed by atoms with Gasteiger partial charge in [-0.1, -0.05) is 13.8 Å². The van der Waals surface area contributed by atoms with E-state index in [9.17, 15) is 9.59 Å². The summed E-state index contributed by atoms with van der Waals surface area (Å²) < 4.78 is 5.32. The summed E-state index contributed by atoms with van der Waals surface area (Å²) in [5, 5.41) is 5.61. The molecule has 1 aliphatic heterocycles. The molecule has 5 heteroatoms. The van der Waals surface area contributed by atoms with Crippen molar-refractivity contribution in [1.29, 1.82) is 0 Å². The van der Waals surface area contributed by atoms with Crippen LogP contribution in [0.4, 0.5) is 11.4 Å². The first-order valence-electron chi connectivity index (χ1n) is 6.89. The van der Waals surface area contributed by atoms with E-state index in [1.807, 2.05) is 13.8 Å². The van der Waals surface area contributed by atoms with Crippen LogP contribution in [0.1, 0.15) is 26.7 Å². The second-order valence-corrected chi connectivity index (χ2v) is 5.21. The number of hydrogen-bond acceptors (Lipinski definition) is 3. The van der Waals surface area contributed by atoms with Gasteiger partial charge in [-0.15, -0.1) is 0 Å². The Kier molecular flexibility index (Phi) is 4.74. The van der Waals surface area contributed by atoms with E-state index in [1.54, 1.807) is 24.3 Å². The molecule has 0 radical (unpaired) electrons. The molecule has 0 bridgehead atoms. The van der Waals surface area contributed by atoms with Crippen molar-refractivity contribution >= 4 is 23.2 Å². The van der Waals surface area contributed by atoms with Crippen LogP contribution < -0.4 is 10.6 Å². The van der Waals surface area contributed by atoms with Crippen LogP contribution in [0.15, 0.2) is 24.3 Å². The molecule has 1 fully saturated rings. The van der Waals surface area contributed by atoms with E-state index in [0.29, 0.717) is 12.3 Å². The van der Waals surface area contributed by atoms with Gasteiger partial charge in [0.15, 0.2) is 0 Å². The first-order valence-corrected chi connectivity index (χ1v) is 6.89. The highest BCUT2D eigenvalue weighted by Crippen LogP contribution is 2.17. The molecule has 2 rings (SSSR count). The molecular formula is C15H20N2O3. The fraction of sp³-hybridized carbons (Fsp3) is 0.467. The third-order valence-corrected chi connectivity index (χ3v) is 3.17. The predicted octanol–water partition coefficient (Wildman–Crippen LogP) is 2.40. The van der Waals surface area contributed by atoms with Gasteiger partial charge in [-0.2, -0.15) is 0 Å². The zero-order valence-corrected chi connectivity index (χ0v) is 11.8. The summed E-state index contributed by atoms with van der Waals surface area (Å²) in [5.41, 5.74) is 1.42. The number of ether oxygens (including phenoxy) is 1. The number of anilines is 2. The summed E-state index contributed by atoms with van der Waals surface area (Å²) in [6, 6.07) is 7.07. The van der Waals surface area contributed by atoms with Gasteiger partial charge in [-0.05, 0) is 37.1 Å². The van der Waals surface area contributed by atoms with E-state index in [0.717, 1.165) is 18.5 Å². The molecule has 1 aromatic carbocycles. The predicted molar refractivity (Wildman–Crippen MR) is 77.5 cm³/mol. The van der Waals surface area contributed by atoms with Crippen LogP contribution >= 0.6 is 0 Å². The lowest BCUT2D eigenvalue weighted by molar-refractivity contribution is -0.124. The summed E-state index contributed by atoms with van der Waals surface area (Å²) in [5.74, 6) is -0.198. The Morgan fingerprint density at radius 3 is 2.25 bits per heavy atom. The lowest BCUT2D eigenvalue weighted by atomic mass is 10.2. The Bertz CT molecular complexity index is 476. The number of rotatable bonds is 4. The number of amides is 2. The molecule has 1 heterocycles. The van der Waals surface area contributed by atoms with Crippen molar-refractivity contribution < 1.29 is 14.3 Å². The summed E-state index contributed by atoms with van der Waals surface area (Å²) in [4.78, 5) is 23.4. The lowest BCUT2D eigenvalue weighted by Crippen LogP contribution is -2.26. The number of carbonyl (C=O) groups excluding carboxylic acids is 2. The Hall–Kier alpha value is -1.88. The molecule has 0 spiro atoms. The van der Waals surface area contributed by atoms with Gasteiger partial charge in [-0.25, -0.2) is 0 Å². The Balaban J connectivity index is 1.91. The molecular weight excluding hydrogens is 256 g/mol. The number of benzene rings is 1. The first-order chi connectivity index (χ1) is 9.56. The molecule has 1 atom stereocenters. The van der Waals surface area contributed by atoms with Crippen LogP contribution in [0.25, 0.3) is 0 Å². The van der Waals surface area contributed by atoms with Gasteiger partial charge < -0.3 is 15.4 Å². The largest absolute Gasteiger partial charge is 0.368 e. The van der Waals surface area contributed by atoms with Crippen LogP contribution in [0, 0.1) is 5.92 Å². The van der Waals surface area contributed by atoms with E-state index < -0.39 is 0 Å². The molecule has 0 unspecified atom stereocenters. The van der Waals surface area contributed by atoms with Gasteiger partial charge in [0, 0.05) is 23.9 Å². The zero-order chi connectivity index (χ0) is 14.5. The molecule has 5 nitrogen and oxygen atoms in total. The third-order valence-electron chi connectivity index (χ3n) is 3.17. The molecule has 1 saturated heterocycles. The van der Waals surface area contributed by atoms with Gasteiger partial charge in [0.05, 0.1) is 0 Å². The standard InChI is InChI=1S/C15H20N2O3/c1-10(2)14(18)16-11-5-7-12(8-6-11)17-15(19)13-4-3-9-20-13/h5-8,10,13H,3-4,9H2,1-2H3,(H,16,18)(H,17,19)/t13-/m0/s1. The zero-order valence-electron chi connectivity index (χ0n) is 11.8. The number of carbonyl (C=O) groups is 2. The highest BCUT2D eigenvalue weighted by molar-refractivity contribution is 5.95. The summed E-state index contributed by atoms with van der Waals surface area (Å²) in [6.45, 7) is 4.33. The Morgan fingerprint density at radius 2 is 1.75 bits per heavy atom. The van der Waals surface area contributed by atoms with Gasteiger partial charge in [0.2, 0.25) is 5.91 Å². The maximum atomic E-state index is 11.9. The second kappa shape index (κ2) is 6.52. The van der Waals surface area contributed by atoms with Crippen molar-refractivity contribution in [1.82, 2.24) is 0 Å². The van der Waals surface area contributed by atoms with Gasteiger partial charge in [0.1, 0.15) is 6.10 Å². The van der Waals surface area contributed by atoms with Crippen LogP contribution in [0.2, 0.25) is 0 Å². The number of hydrogen-bond donors (Lipinski definition) is 2. The lowest BCUT2D eigenvalue weighted by Gasteiger charge is -2.11. The fourth-order valence-corrected chi connectivity index (χ4v) is 1.93. The molecule has 0 aromatic heterocycles. The topological polar surface area (TPSA) is 67.4 Å². The first kappa shape index (κ1) is 14.5.